The molecule has 146 valence electrons. The number of amides is 1. The molecule has 0 aromatic heterocycles. The van der Waals surface area contributed by atoms with Crippen LogP contribution < -0.4 is 10.1 Å². The van der Waals surface area contributed by atoms with Crippen molar-refractivity contribution in [1.82, 2.24) is 15.1 Å². The van der Waals surface area contributed by atoms with Gasteiger partial charge in [0.05, 0.1) is 17.6 Å². The molecule has 1 aromatic rings. The summed E-state index contributed by atoms with van der Waals surface area (Å²) in [5, 5.41) is 13.0. The zero-order valence-corrected chi connectivity index (χ0v) is 16.4. The zero-order valence-electron chi connectivity index (χ0n) is 15.6. The predicted molar refractivity (Wildman–Crippen MR) is 105 cm³/mol. The number of carbonyl (C=O) groups excluding carboxylic acids is 1. The number of nitrogens with zero attached hydrogens (tertiary/aromatic N) is 3. The summed E-state index contributed by atoms with van der Waals surface area (Å²) < 4.78 is 5.75. The minimum Gasteiger partial charge on any atom is -0.491 e. The maximum Gasteiger partial charge on any atom is 0.235 e. The van der Waals surface area contributed by atoms with Crippen LogP contribution in [0, 0.1) is 11.3 Å². The van der Waals surface area contributed by atoms with E-state index in [-0.39, 0.29) is 5.91 Å². The van der Waals surface area contributed by atoms with Gasteiger partial charge in [-0.1, -0.05) is 23.7 Å². The molecule has 1 aromatic carbocycles. The third kappa shape index (κ3) is 5.58. The van der Waals surface area contributed by atoms with E-state index < -0.39 is 5.54 Å². The fourth-order valence-electron chi connectivity index (χ4n) is 3.77. The fourth-order valence-corrected chi connectivity index (χ4v) is 3.96. The van der Waals surface area contributed by atoms with Crippen molar-refractivity contribution in [2.75, 3.05) is 45.9 Å². The molecule has 7 heteroatoms. The Kier molecular flexibility index (Phi) is 6.95. The average Bonchev–Trinajstić information content (AvgIpc) is 3.13. The van der Waals surface area contributed by atoms with Crippen LogP contribution in [0.25, 0.3) is 0 Å². The Bertz CT molecular complexity index is 677. The van der Waals surface area contributed by atoms with Crippen LogP contribution in [-0.4, -0.2) is 67.1 Å². The Morgan fingerprint density at radius 1 is 1.19 bits per heavy atom. The highest BCUT2D eigenvalue weighted by molar-refractivity contribution is 6.32. The number of hydrogen-bond donors (Lipinski definition) is 1. The Morgan fingerprint density at radius 2 is 1.85 bits per heavy atom. The van der Waals surface area contributed by atoms with E-state index in [1.165, 1.54) is 0 Å². The number of nitriles is 1. The number of carbonyl (C=O) groups is 1. The summed E-state index contributed by atoms with van der Waals surface area (Å²) in [6.07, 6.45) is 3.58. The summed E-state index contributed by atoms with van der Waals surface area (Å²) in [7, 11) is 0. The Morgan fingerprint density at radius 3 is 2.52 bits per heavy atom. The van der Waals surface area contributed by atoms with Gasteiger partial charge in [-0.25, -0.2) is 0 Å². The SMILES string of the molecule is N#CC1(NC(=O)CN2CCN(CCOc3ccccc3Cl)CC2)CCCC1. The van der Waals surface area contributed by atoms with E-state index in [4.69, 9.17) is 16.3 Å². The lowest BCUT2D eigenvalue weighted by Gasteiger charge is -2.34. The van der Waals surface area contributed by atoms with E-state index in [2.05, 4.69) is 21.2 Å². The van der Waals surface area contributed by atoms with Crippen molar-refractivity contribution in [3.63, 3.8) is 0 Å². The highest BCUT2D eigenvalue weighted by Gasteiger charge is 2.35. The first-order valence-corrected chi connectivity index (χ1v) is 10.0. The predicted octanol–water partition coefficient (Wildman–Crippen LogP) is 2.29. The van der Waals surface area contributed by atoms with Gasteiger partial charge in [0.15, 0.2) is 0 Å². The quantitative estimate of drug-likeness (QED) is 0.773. The minimum atomic E-state index is -0.630. The van der Waals surface area contributed by atoms with Crippen molar-refractivity contribution in [1.29, 1.82) is 5.26 Å². The van der Waals surface area contributed by atoms with Crippen LogP contribution in [0.15, 0.2) is 24.3 Å². The summed E-state index contributed by atoms with van der Waals surface area (Å²) >= 11 is 6.09. The van der Waals surface area contributed by atoms with Gasteiger partial charge in [-0.15, -0.1) is 0 Å². The molecule has 0 radical (unpaired) electrons. The van der Waals surface area contributed by atoms with Gasteiger partial charge in [0, 0.05) is 32.7 Å². The summed E-state index contributed by atoms with van der Waals surface area (Å²) in [4.78, 5) is 16.8. The second-order valence-electron chi connectivity index (χ2n) is 7.35. The molecule has 0 atom stereocenters. The van der Waals surface area contributed by atoms with Crippen molar-refractivity contribution >= 4 is 17.5 Å². The van der Waals surface area contributed by atoms with E-state index in [1.54, 1.807) is 0 Å². The second kappa shape index (κ2) is 9.41. The van der Waals surface area contributed by atoms with Crippen molar-refractivity contribution < 1.29 is 9.53 Å². The number of piperazine rings is 1. The molecule has 1 aliphatic heterocycles. The zero-order chi connectivity index (χ0) is 19.1. The number of benzene rings is 1. The molecule has 6 nitrogen and oxygen atoms in total. The monoisotopic (exact) mass is 390 g/mol. The van der Waals surface area contributed by atoms with Gasteiger partial charge < -0.3 is 10.1 Å². The van der Waals surface area contributed by atoms with Crippen LogP contribution in [0.5, 0.6) is 5.75 Å². The third-order valence-corrected chi connectivity index (χ3v) is 5.70. The number of rotatable bonds is 7. The third-order valence-electron chi connectivity index (χ3n) is 5.38. The van der Waals surface area contributed by atoms with E-state index in [0.29, 0.717) is 23.9 Å². The molecule has 1 aliphatic carbocycles. The van der Waals surface area contributed by atoms with Gasteiger partial charge in [-0.05, 0) is 37.8 Å². The number of para-hydroxylation sites is 1. The normalized spacial score (nSPS) is 20.1. The highest BCUT2D eigenvalue weighted by Crippen LogP contribution is 2.28. The largest absolute Gasteiger partial charge is 0.491 e. The molecule has 0 unspecified atom stereocenters. The summed E-state index contributed by atoms with van der Waals surface area (Å²) in [6.45, 7) is 5.30. The molecule has 2 fully saturated rings. The number of ether oxygens (including phenoxy) is 1. The molecule has 3 rings (SSSR count). The first kappa shape index (κ1) is 19.9. The molecule has 1 heterocycles. The van der Waals surface area contributed by atoms with E-state index in [9.17, 15) is 10.1 Å². The molecule has 0 spiro atoms. The van der Waals surface area contributed by atoms with Crippen LogP contribution in [0.3, 0.4) is 0 Å². The van der Waals surface area contributed by atoms with Crippen molar-refractivity contribution in [2.24, 2.45) is 0 Å². The van der Waals surface area contributed by atoms with E-state index in [1.807, 2.05) is 24.3 Å². The van der Waals surface area contributed by atoms with Crippen molar-refractivity contribution in [2.45, 2.75) is 31.2 Å². The van der Waals surface area contributed by atoms with Crippen LogP contribution in [0.1, 0.15) is 25.7 Å². The highest BCUT2D eigenvalue weighted by atomic mass is 35.5. The molecular weight excluding hydrogens is 364 g/mol. The molecule has 27 heavy (non-hydrogen) atoms. The smallest absolute Gasteiger partial charge is 0.235 e. The minimum absolute atomic E-state index is 0.0334. The molecule has 0 bridgehead atoms. The van der Waals surface area contributed by atoms with Crippen LogP contribution in [-0.2, 0) is 4.79 Å². The lowest BCUT2D eigenvalue weighted by molar-refractivity contribution is -0.124. The van der Waals surface area contributed by atoms with Crippen LogP contribution in [0.2, 0.25) is 5.02 Å². The van der Waals surface area contributed by atoms with Crippen LogP contribution in [0.4, 0.5) is 0 Å². The Hall–Kier alpha value is -1.81. The van der Waals surface area contributed by atoms with E-state index in [0.717, 1.165) is 58.4 Å². The van der Waals surface area contributed by atoms with Crippen molar-refractivity contribution in [3.8, 4) is 11.8 Å². The summed E-state index contributed by atoms with van der Waals surface area (Å²) in [5.41, 5.74) is -0.630. The van der Waals surface area contributed by atoms with Crippen LogP contribution >= 0.6 is 11.6 Å². The topological polar surface area (TPSA) is 68.6 Å². The average molecular weight is 391 g/mol. The first-order valence-electron chi connectivity index (χ1n) is 9.64. The Labute approximate surface area is 166 Å². The summed E-state index contributed by atoms with van der Waals surface area (Å²) in [6, 6.07) is 9.80. The molecular formula is C20H27ClN4O2. The summed E-state index contributed by atoms with van der Waals surface area (Å²) in [5.74, 6) is 0.682. The molecule has 1 N–H and O–H groups in total. The molecule has 2 aliphatic rings. The van der Waals surface area contributed by atoms with Gasteiger partial charge in [0.2, 0.25) is 5.91 Å². The fraction of sp³-hybridized carbons (Fsp3) is 0.600. The van der Waals surface area contributed by atoms with Gasteiger partial charge in [-0.3, -0.25) is 14.6 Å². The lowest BCUT2D eigenvalue weighted by atomic mass is 10.00. The molecule has 1 saturated heterocycles. The Balaban J connectivity index is 1.34. The number of hydrogen-bond acceptors (Lipinski definition) is 5. The number of halogens is 1. The maximum atomic E-state index is 12.3. The van der Waals surface area contributed by atoms with Crippen molar-refractivity contribution in [3.05, 3.63) is 29.3 Å². The van der Waals surface area contributed by atoms with Gasteiger partial charge in [0.1, 0.15) is 17.9 Å². The van der Waals surface area contributed by atoms with Gasteiger partial charge >= 0.3 is 0 Å². The second-order valence-corrected chi connectivity index (χ2v) is 7.75. The van der Waals surface area contributed by atoms with Gasteiger partial charge in [-0.2, -0.15) is 5.26 Å². The first-order chi connectivity index (χ1) is 13.1. The standard InChI is InChI=1S/C20H27ClN4O2/c21-17-5-1-2-6-18(17)27-14-13-24-9-11-25(12-10-24)15-19(26)23-20(16-22)7-3-4-8-20/h1-2,5-6H,3-4,7-15H2,(H,23,26). The number of nitrogens with one attached hydrogen (secondary N) is 1. The van der Waals surface area contributed by atoms with E-state index >= 15 is 0 Å². The van der Waals surface area contributed by atoms with Gasteiger partial charge in [0.25, 0.3) is 0 Å². The molecule has 1 saturated carbocycles. The lowest BCUT2D eigenvalue weighted by Crippen LogP contribution is -2.53. The maximum absolute atomic E-state index is 12.3. The molecule has 1 amide bonds.